The van der Waals surface area contributed by atoms with Gasteiger partial charge in [-0.05, 0) is 24.6 Å². The maximum absolute atomic E-state index is 11.3. The Kier molecular flexibility index (Phi) is 3.17. The molecule has 4 heteroatoms. The van der Waals surface area contributed by atoms with Crippen LogP contribution in [0.15, 0.2) is 12.1 Å². The van der Waals surface area contributed by atoms with E-state index in [4.69, 9.17) is 23.2 Å². The van der Waals surface area contributed by atoms with Crippen molar-refractivity contribution in [3.8, 4) is 0 Å². The van der Waals surface area contributed by atoms with Gasteiger partial charge in [0.15, 0.2) is 0 Å². The van der Waals surface area contributed by atoms with Crippen LogP contribution in [-0.2, 0) is 0 Å². The molecule has 13 heavy (non-hydrogen) atoms. The van der Waals surface area contributed by atoms with E-state index in [1.807, 2.05) is 0 Å². The van der Waals surface area contributed by atoms with Crippen molar-refractivity contribution in [3.63, 3.8) is 0 Å². The standard InChI is InChI=1S/C9H9Cl2NO/c1-5-3-6(10)4-7(8(5)11)9(13)12-2/h3-4H,1-2H3,(H,12,13). The number of benzene rings is 1. The van der Waals surface area contributed by atoms with Gasteiger partial charge in [0.2, 0.25) is 0 Å². The zero-order valence-corrected chi connectivity index (χ0v) is 8.83. The average molecular weight is 218 g/mol. The van der Waals surface area contributed by atoms with Crippen LogP contribution in [0.3, 0.4) is 0 Å². The lowest BCUT2D eigenvalue weighted by Crippen LogP contribution is -2.18. The largest absolute Gasteiger partial charge is 0.355 e. The van der Waals surface area contributed by atoms with Gasteiger partial charge in [-0.1, -0.05) is 23.2 Å². The Labute approximate surface area is 86.8 Å². The molecule has 2 nitrogen and oxygen atoms in total. The Hall–Kier alpha value is -0.730. The second kappa shape index (κ2) is 3.99. The van der Waals surface area contributed by atoms with E-state index in [0.717, 1.165) is 5.56 Å². The number of nitrogens with one attached hydrogen (secondary N) is 1. The molecule has 1 amide bonds. The second-order valence-corrected chi connectivity index (χ2v) is 3.48. The fraction of sp³-hybridized carbons (Fsp3) is 0.222. The Bertz CT molecular complexity index is 350. The number of halogens is 2. The molecule has 1 rings (SSSR count). The van der Waals surface area contributed by atoms with Gasteiger partial charge in [-0.25, -0.2) is 0 Å². The third kappa shape index (κ3) is 2.14. The summed E-state index contributed by atoms with van der Waals surface area (Å²) >= 11 is 11.7. The van der Waals surface area contributed by atoms with Gasteiger partial charge in [0.25, 0.3) is 5.91 Å². The van der Waals surface area contributed by atoms with E-state index in [9.17, 15) is 4.79 Å². The molecule has 0 fully saturated rings. The van der Waals surface area contributed by atoms with Crippen molar-refractivity contribution in [2.45, 2.75) is 6.92 Å². The summed E-state index contributed by atoms with van der Waals surface area (Å²) in [5, 5.41) is 3.46. The molecule has 0 spiro atoms. The minimum atomic E-state index is -0.226. The maximum atomic E-state index is 11.3. The Balaban J connectivity index is 3.28. The van der Waals surface area contributed by atoms with Crippen LogP contribution in [-0.4, -0.2) is 13.0 Å². The number of hydrogen-bond donors (Lipinski definition) is 1. The lowest BCUT2D eigenvalue weighted by molar-refractivity contribution is 0.0963. The van der Waals surface area contributed by atoms with E-state index in [1.54, 1.807) is 26.1 Å². The number of hydrogen-bond acceptors (Lipinski definition) is 1. The van der Waals surface area contributed by atoms with Crippen molar-refractivity contribution in [2.75, 3.05) is 7.05 Å². The van der Waals surface area contributed by atoms with E-state index in [2.05, 4.69) is 5.32 Å². The molecule has 0 unspecified atom stereocenters. The van der Waals surface area contributed by atoms with E-state index >= 15 is 0 Å². The topological polar surface area (TPSA) is 29.1 Å². The lowest BCUT2D eigenvalue weighted by Gasteiger charge is -2.05. The highest BCUT2D eigenvalue weighted by molar-refractivity contribution is 6.36. The summed E-state index contributed by atoms with van der Waals surface area (Å²) in [4.78, 5) is 11.3. The normalized spacial score (nSPS) is 9.85. The third-order valence-corrected chi connectivity index (χ3v) is 2.41. The zero-order valence-electron chi connectivity index (χ0n) is 7.32. The van der Waals surface area contributed by atoms with Crippen molar-refractivity contribution in [2.24, 2.45) is 0 Å². The predicted molar refractivity (Wildman–Crippen MR) is 54.6 cm³/mol. The van der Waals surface area contributed by atoms with Gasteiger partial charge >= 0.3 is 0 Å². The monoisotopic (exact) mass is 217 g/mol. The van der Waals surface area contributed by atoms with Gasteiger partial charge in [0.1, 0.15) is 0 Å². The van der Waals surface area contributed by atoms with Crippen LogP contribution in [0, 0.1) is 6.92 Å². The third-order valence-electron chi connectivity index (χ3n) is 1.69. The van der Waals surface area contributed by atoms with Gasteiger partial charge in [0, 0.05) is 12.1 Å². The summed E-state index contributed by atoms with van der Waals surface area (Å²) in [6.45, 7) is 1.81. The van der Waals surface area contributed by atoms with Gasteiger partial charge in [-0.3, -0.25) is 4.79 Å². The van der Waals surface area contributed by atoms with Gasteiger partial charge < -0.3 is 5.32 Å². The maximum Gasteiger partial charge on any atom is 0.252 e. The van der Waals surface area contributed by atoms with Crippen LogP contribution in [0.5, 0.6) is 0 Å². The van der Waals surface area contributed by atoms with Crippen molar-refractivity contribution < 1.29 is 4.79 Å². The fourth-order valence-electron chi connectivity index (χ4n) is 1.03. The van der Waals surface area contributed by atoms with Crippen LogP contribution >= 0.6 is 23.2 Å². The molecule has 1 aromatic rings. The number of carbonyl (C=O) groups is 1. The first kappa shape index (κ1) is 10.4. The van der Waals surface area contributed by atoms with E-state index in [0.29, 0.717) is 15.6 Å². The molecule has 0 aliphatic heterocycles. The van der Waals surface area contributed by atoms with Crippen LogP contribution in [0.25, 0.3) is 0 Å². The first-order valence-electron chi connectivity index (χ1n) is 3.74. The predicted octanol–water partition coefficient (Wildman–Crippen LogP) is 2.66. The minimum Gasteiger partial charge on any atom is -0.355 e. The number of amides is 1. The molecular formula is C9H9Cl2NO. The quantitative estimate of drug-likeness (QED) is 0.771. The van der Waals surface area contributed by atoms with Crippen molar-refractivity contribution in [3.05, 3.63) is 33.3 Å². The molecule has 1 N–H and O–H groups in total. The lowest BCUT2D eigenvalue weighted by atomic mass is 10.1. The van der Waals surface area contributed by atoms with Gasteiger partial charge in [-0.15, -0.1) is 0 Å². The summed E-state index contributed by atoms with van der Waals surface area (Å²) in [6.07, 6.45) is 0. The molecule has 0 saturated carbocycles. The van der Waals surface area contributed by atoms with E-state index in [-0.39, 0.29) is 5.91 Å². The highest BCUT2D eigenvalue weighted by Gasteiger charge is 2.11. The molecule has 0 radical (unpaired) electrons. The van der Waals surface area contributed by atoms with Crippen LogP contribution in [0.4, 0.5) is 0 Å². The highest BCUT2D eigenvalue weighted by Crippen LogP contribution is 2.24. The molecule has 1 aromatic carbocycles. The SMILES string of the molecule is CNC(=O)c1cc(Cl)cc(C)c1Cl. The molecule has 0 aromatic heterocycles. The summed E-state index contributed by atoms with van der Waals surface area (Å²) in [7, 11) is 1.55. The van der Waals surface area contributed by atoms with Crippen molar-refractivity contribution in [1.29, 1.82) is 0 Å². The van der Waals surface area contributed by atoms with E-state index in [1.165, 1.54) is 0 Å². The summed E-state index contributed by atoms with van der Waals surface area (Å²) in [5.74, 6) is -0.226. The molecule has 0 saturated heterocycles. The number of aryl methyl sites for hydroxylation is 1. The molecule has 0 aliphatic rings. The second-order valence-electron chi connectivity index (χ2n) is 2.66. The number of carbonyl (C=O) groups excluding carboxylic acids is 1. The Morgan fingerprint density at radius 1 is 1.38 bits per heavy atom. The molecule has 0 bridgehead atoms. The average Bonchev–Trinajstić information content (AvgIpc) is 2.10. The van der Waals surface area contributed by atoms with Crippen molar-refractivity contribution in [1.82, 2.24) is 5.32 Å². The van der Waals surface area contributed by atoms with Crippen LogP contribution in [0.2, 0.25) is 10.0 Å². The summed E-state index contributed by atoms with van der Waals surface area (Å²) in [5.41, 5.74) is 1.21. The van der Waals surface area contributed by atoms with Crippen LogP contribution < -0.4 is 5.32 Å². The fourth-order valence-corrected chi connectivity index (χ4v) is 1.49. The molecule has 0 atom stereocenters. The van der Waals surface area contributed by atoms with E-state index < -0.39 is 0 Å². The molecule has 0 heterocycles. The van der Waals surface area contributed by atoms with Crippen LogP contribution in [0.1, 0.15) is 15.9 Å². The molecule has 70 valence electrons. The smallest absolute Gasteiger partial charge is 0.252 e. The Morgan fingerprint density at radius 3 is 2.54 bits per heavy atom. The number of rotatable bonds is 1. The Morgan fingerprint density at radius 2 is 2.00 bits per heavy atom. The molecular weight excluding hydrogens is 209 g/mol. The van der Waals surface area contributed by atoms with Gasteiger partial charge in [-0.2, -0.15) is 0 Å². The van der Waals surface area contributed by atoms with Gasteiger partial charge in [0.05, 0.1) is 10.6 Å². The minimum absolute atomic E-state index is 0.226. The summed E-state index contributed by atoms with van der Waals surface area (Å²) in [6, 6.07) is 3.27. The highest BCUT2D eigenvalue weighted by atomic mass is 35.5. The van der Waals surface area contributed by atoms with Crippen molar-refractivity contribution >= 4 is 29.1 Å². The summed E-state index contributed by atoms with van der Waals surface area (Å²) < 4.78 is 0. The molecule has 0 aliphatic carbocycles. The zero-order chi connectivity index (χ0) is 10.0. The first-order valence-corrected chi connectivity index (χ1v) is 4.49. The first-order chi connectivity index (χ1) is 6.06.